The lowest BCUT2D eigenvalue weighted by atomic mass is 10.2. The van der Waals surface area contributed by atoms with Crippen LogP contribution in [0.4, 0.5) is 5.69 Å². The van der Waals surface area contributed by atoms with Crippen molar-refractivity contribution in [3.8, 4) is 0 Å². The molecule has 3 heteroatoms. The highest BCUT2D eigenvalue weighted by Crippen LogP contribution is 2.18. The lowest BCUT2D eigenvalue weighted by molar-refractivity contribution is 0.562. The minimum absolute atomic E-state index is 0.234. The van der Waals surface area contributed by atoms with Crippen molar-refractivity contribution < 1.29 is 4.42 Å². The van der Waals surface area contributed by atoms with E-state index in [0.717, 1.165) is 11.3 Å². The van der Waals surface area contributed by atoms with Crippen LogP contribution in [0.25, 0.3) is 0 Å². The van der Waals surface area contributed by atoms with Gasteiger partial charge < -0.3 is 9.73 Å². The maximum Gasteiger partial charge on any atom is 0.0955 e. The largest absolute Gasteiger partial charge is 0.472 e. The van der Waals surface area contributed by atoms with Crippen molar-refractivity contribution in [3.05, 3.63) is 48.7 Å². The molecule has 1 N–H and O–H groups in total. The number of rotatable bonds is 3. The van der Waals surface area contributed by atoms with Crippen LogP contribution in [0.5, 0.6) is 0 Å². The zero-order chi connectivity index (χ0) is 9.80. The summed E-state index contributed by atoms with van der Waals surface area (Å²) >= 11 is 0. The van der Waals surface area contributed by atoms with Crippen LogP contribution < -0.4 is 5.32 Å². The molecule has 72 valence electrons. The molecule has 2 rings (SSSR count). The summed E-state index contributed by atoms with van der Waals surface area (Å²) in [5.74, 6) is 0. The molecule has 0 fully saturated rings. The summed E-state index contributed by atoms with van der Waals surface area (Å²) in [7, 11) is 0. The van der Waals surface area contributed by atoms with Crippen molar-refractivity contribution in [2.24, 2.45) is 0 Å². The van der Waals surface area contributed by atoms with Crippen LogP contribution >= 0.6 is 0 Å². The van der Waals surface area contributed by atoms with Crippen molar-refractivity contribution in [3.63, 3.8) is 0 Å². The first kappa shape index (κ1) is 8.81. The van der Waals surface area contributed by atoms with Crippen LogP contribution in [0, 0.1) is 0 Å². The van der Waals surface area contributed by atoms with Gasteiger partial charge in [-0.25, -0.2) is 0 Å². The van der Waals surface area contributed by atoms with Gasteiger partial charge in [-0.05, 0) is 25.1 Å². The first-order valence-corrected chi connectivity index (χ1v) is 4.55. The highest BCUT2D eigenvalue weighted by atomic mass is 16.3. The smallest absolute Gasteiger partial charge is 0.0955 e. The Hall–Kier alpha value is -1.77. The normalized spacial score (nSPS) is 12.4. The number of furan rings is 1. The molecule has 0 spiro atoms. The molecule has 2 aromatic heterocycles. The highest BCUT2D eigenvalue weighted by molar-refractivity contribution is 5.42. The number of pyridine rings is 1. The van der Waals surface area contributed by atoms with Gasteiger partial charge in [0, 0.05) is 18.0 Å². The molecule has 1 unspecified atom stereocenters. The zero-order valence-electron chi connectivity index (χ0n) is 7.97. The minimum Gasteiger partial charge on any atom is -0.472 e. The van der Waals surface area contributed by atoms with Crippen molar-refractivity contribution in [2.45, 2.75) is 13.0 Å². The molecule has 0 saturated carbocycles. The molecule has 1 atom stereocenters. The molecule has 2 heterocycles. The number of hydrogen-bond donors (Lipinski definition) is 1. The van der Waals surface area contributed by atoms with Gasteiger partial charge in [-0.3, -0.25) is 4.98 Å². The number of aromatic nitrogens is 1. The van der Waals surface area contributed by atoms with Gasteiger partial charge in [-0.2, -0.15) is 0 Å². The van der Waals surface area contributed by atoms with Gasteiger partial charge in [0.05, 0.1) is 24.3 Å². The van der Waals surface area contributed by atoms with E-state index in [9.17, 15) is 0 Å². The number of hydrogen-bond acceptors (Lipinski definition) is 3. The van der Waals surface area contributed by atoms with Gasteiger partial charge in [0.25, 0.3) is 0 Å². The topological polar surface area (TPSA) is 38.1 Å². The highest BCUT2D eigenvalue weighted by Gasteiger charge is 2.05. The summed E-state index contributed by atoms with van der Waals surface area (Å²) in [6.45, 7) is 2.08. The summed E-state index contributed by atoms with van der Waals surface area (Å²) in [6.07, 6.45) is 6.98. The van der Waals surface area contributed by atoms with Crippen molar-refractivity contribution >= 4 is 5.69 Å². The molecule has 0 saturated heterocycles. The van der Waals surface area contributed by atoms with Crippen LogP contribution in [0.2, 0.25) is 0 Å². The predicted molar refractivity (Wildman–Crippen MR) is 55.0 cm³/mol. The first-order valence-electron chi connectivity index (χ1n) is 4.55. The molecule has 0 aliphatic rings. The van der Waals surface area contributed by atoms with E-state index in [-0.39, 0.29) is 6.04 Å². The molecular formula is C11H12N2O. The Morgan fingerprint density at radius 3 is 3.00 bits per heavy atom. The van der Waals surface area contributed by atoms with Gasteiger partial charge >= 0.3 is 0 Å². The molecular weight excluding hydrogens is 176 g/mol. The Balaban J connectivity index is 2.06. The maximum absolute atomic E-state index is 5.02. The Morgan fingerprint density at radius 1 is 1.43 bits per heavy atom. The van der Waals surface area contributed by atoms with Crippen LogP contribution in [0.15, 0.2) is 47.5 Å². The summed E-state index contributed by atoms with van der Waals surface area (Å²) < 4.78 is 5.02. The average molecular weight is 188 g/mol. The van der Waals surface area contributed by atoms with Gasteiger partial charge in [-0.15, -0.1) is 0 Å². The molecule has 0 radical (unpaired) electrons. The summed E-state index contributed by atoms with van der Waals surface area (Å²) in [5.41, 5.74) is 2.15. The molecule has 0 amide bonds. The van der Waals surface area contributed by atoms with Gasteiger partial charge in [-0.1, -0.05) is 0 Å². The Bertz CT molecular complexity index is 369. The summed E-state index contributed by atoms with van der Waals surface area (Å²) in [4.78, 5) is 4.03. The van der Waals surface area contributed by atoms with E-state index in [1.54, 1.807) is 24.9 Å². The van der Waals surface area contributed by atoms with E-state index in [1.165, 1.54) is 0 Å². The van der Waals surface area contributed by atoms with Gasteiger partial charge in [0.15, 0.2) is 0 Å². The van der Waals surface area contributed by atoms with Crippen molar-refractivity contribution in [1.82, 2.24) is 4.98 Å². The second kappa shape index (κ2) is 3.96. The molecule has 0 aliphatic carbocycles. The average Bonchev–Trinajstić information content (AvgIpc) is 2.72. The Morgan fingerprint density at radius 2 is 2.36 bits per heavy atom. The quantitative estimate of drug-likeness (QED) is 0.804. The fraction of sp³-hybridized carbons (Fsp3) is 0.182. The van der Waals surface area contributed by atoms with Crippen molar-refractivity contribution in [2.75, 3.05) is 5.32 Å². The zero-order valence-corrected chi connectivity index (χ0v) is 7.97. The second-order valence-electron chi connectivity index (χ2n) is 3.16. The van der Waals surface area contributed by atoms with Crippen LogP contribution in [0.3, 0.4) is 0 Å². The summed E-state index contributed by atoms with van der Waals surface area (Å²) in [6, 6.07) is 6.08. The third-order valence-corrected chi connectivity index (χ3v) is 2.09. The van der Waals surface area contributed by atoms with Crippen LogP contribution in [-0.2, 0) is 0 Å². The fourth-order valence-electron chi connectivity index (χ4n) is 1.30. The SMILES string of the molecule is CC(Nc1cccnc1)c1ccoc1. The van der Waals surface area contributed by atoms with E-state index < -0.39 is 0 Å². The predicted octanol–water partition coefficient (Wildman–Crippen LogP) is 2.85. The van der Waals surface area contributed by atoms with Gasteiger partial charge in [0.1, 0.15) is 0 Å². The molecule has 2 aromatic rings. The standard InChI is InChI=1S/C11H12N2O/c1-9(10-4-6-14-8-10)13-11-3-2-5-12-7-11/h2-9,13H,1H3. The summed E-state index contributed by atoms with van der Waals surface area (Å²) in [5, 5.41) is 3.32. The van der Waals surface area contributed by atoms with Crippen LogP contribution in [0.1, 0.15) is 18.5 Å². The van der Waals surface area contributed by atoms with E-state index in [4.69, 9.17) is 4.42 Å². The molecule has 0 aliphatic heterocycles. The Kier molecular flexibility index (Phi) is 2.49. The van der Waals surface area contributed by atoms with Crippen LogP contribution in [-0.4, -0.2) is 4.98 Å². The molecule has 3 nitrogen and oxygen atoms in total. The van der Waals surface area contributed by atoms with E-state index in [1.807, 2.05) is 18.2 Å². The monoisotopic (exact) mass is 188 g/mol. The third kappa shape index (κ3) is 1.93. The fourth-order valence-corrected chi connectivity index (χ4v) is 1.30. The third-order valence-electron chi connectivity index (χ3n) is 2.09. The molecule has 0 aromatic carbocycles. The molecule has 0 bridgehead atoms. The minimum atomic E-state index is 0.234. The maximum atomic E-state index is 5.02. The van der Waals surface area contributed by atoms with E-state index in [2.05, 4.69) is 17.2 Å². The number of nitrogens with one attached hydrogen (secondary N) is 1. The Labute approximate surface area is 82.8 Å². The van der Waals surface area contributed by atoms with E-state index in [0.29, 0.717) is 0 Å². The van der Waals surface area contributed by atoms with Crippen molar-refractivity contribution in [1.29, 1.82) is 0 Å². The van der Waals surface area contributed by atoms with E-state index >= 15 is 0 Å². The lowest BCUT2D eigenvalue weighted by Crippen LogP contribution is -2.05. The van der Waals surface area contributed by atoms with Gasteiger partial charge in [0.2, 0.25) is 0 Å². The molecule has 14 heavy (non-hydrogen) atoms. The number of anilines is 1. The number of nitrogens with zero attached hydrogens (tertiary/aromatic N) is 1. The second-order valence-corrected chi connectivity index (χ2v) is 3.16. The lowest BCUT2D eigenvalue weighted by Gasteiger charge is -2.12. The first-order chi connectivity index (χ1) is 6.86.